The third-order valence-electron chi connectivity index (χ3n) is 4.50. The third kappa shape index (κ3) is 4.83. The number of nitrogens with two attached hydrogens (primary N) is 1. The van der Waals surface area contributed by atoms with E-state index in [-0.39, 0.29) is 30.1 Å². The molecule has 0 aliphatic heterocycles. The number of carbonyl (C=O) groups is 2. The van der Waals surface area contributed by atoms with Gasteiger partial charge in [-0.3, -0.25) is 9.59 Å². The highest BCUT2D eigenvalue weighted by atomic mass is 16.5. The van der Waals surface area contributed by atoms with E-state index in [1.54, 1.807) is 6.92 Å². The van der Waals surface area contributed by atoms with Crippen LogP contribution in [0.3, 0.4) is 0 Å². The van der Waals surface area contributed by atoms with Crippen molar-refractivity contribution in [3.63, 3.8) is 0 Å². The van der Waals surface area contributed by atoms with Crippen molar-refractivity contribution in [3.05, 3.63) is 12.7 Å². The summed E-state index contributed by atoms with van der Waals surface area (Å²) in [5.41, 5.74) is 5.46. The average Bonchev–Trinajstić information content (AvgIpc) is 2.49. The van der Waals surface area contributed by atoms with Crippen LogP contribution >= 0.6 is 0 Å². The zero-order valence-electron chi connectivity index (χ0n) is 13.9. The summed E-state index contributed by atoms with van der Waals surface area (Å²) >= 11 is 0. The number of esters is 1. The number of amides is 1. The van der Waals surface area contributed by atoms with E-state index in [2.05, 4.69) is 18.8 Å². The molecule has 0 spiro atoms. The topological polar surface area (TPSA) is 81.4 Å². The lowest BCUT2D eigenvalue weighted by molar-refractivity contribution is -0.146. The Labute approximate surface area is 133 Å². The monoisotopic (exact) mass is 310 g/mol. The van der Waals surface area contributed by atoms with Crippen LogP contribution in [-0.4, -0.2) is 30.6 Å². The minimum absolute atomic E-state index is 0.151. The van der Waals surface area contributed by atoms with Gasteiger partial charge >= 0.3 is 5.97 Å². The summed E-state index contributed by atoms with van der Waals surface area (Å²) < 4.78 is 5.02. The molecule has 1 aliphatic rings. The van der Waals surface area contributed by atoms with E-state index >= 15 is 0 Å². The van der Waals surface area contributed by atoms with Gasteiger partial charge in [0.15, 0.2) is 0 Å². The fraction of sp³-hybridized carbons (Fsp3) is 0.765. The van der Waals surface area contributed by atoms with Crippen LogP contribution in [0.5, 0.6) is 0 Å². The van der Waals surface area contributed by atoms with Crippen molar-refractivity contribution < 1.29 is 14.3 Å². The van der Waals surface area contributed by atoms with Gasteiger partial charge in [-0.15, -0.1) is 6.58 Å². The molecule has 1 amide bonds. The van der Waals surface area contributed by atoms with Gasteiger partial charge in [0.2, 0.25) is 5.91 Å². The van der Waals surface area contributed by atoms with Gasteiger partial charge in [0, 0.05) is 6.54 Å². The molecule has 3 atom stereocenters. The SMILES string of the molecule is C=C[C@@H]1CCC(CC(=O)OCC)C(N)(C(=O)NCCCC)C1. The summed E-state index contributed by atoms with van der Waals surface area (Å²) in [4.78, 5) is 24.4. The van der Waals surface area contributed by atoms with E-state index in [9.17, 15) is 9.59 Å². The Morgan fingerprint density at radius 1 is 1.41 bits per heavy atom. The highest BCUT2D eigenvalue weighted by molar-refractivity contribution is 5.87. The quantitative estimate of drug-likeness (QED) is 0.409. The summed E-state index contributed by atoms with van der Waals surface area (Å²) in [5.74, 6) is -0.382. The third-order valence-corrected chi connectivity index (χ3v) is 4.50. The second kappa shape index (κ2) is 8.93. The normalized spacial score (nSPS) is 28.0. The standard InChI is InChI=1S/C17H30N2O3/c1-4-7-10-19-16(21)17(18)12-13(5-2)8-9-14(17)11-15(20)22-6-3/h5,13-14H,2,4,6-12,18H2,1,3H3,(H,19,21)/t13-,14?,17?/m1/s1. The van der Waals surface area contributed by atoms with E-state index < -0.39 is 5.54 Å². The number of hydrogen-bond donors (Lipinski definition) is 2. The van der Waals surface area contributed by atoms with Crippen molar-refractivity contribution in [1.82, 2.24) is 5.32 Å². The molecule has 2 unspecified atom stereocenters. The Balaban J connectivity index is 2.80. The van der Waals surface area contributed by atoms with Crippen molar-refractivity contribution in [2.45, 2.75) is 57.9 Å². The Kier molecular flexibility index (Phi) is 7.59. The van der Waals surface area contributed by atoms with Crippen molar-refractivity contribution in [2.75, 3.05) is 13.2 Å². The van der Waals surface area contributed by atoms with E-state index in [0.29, 0.717) is 19.6 Å². The van der Waals surface area contributed by atoms with Gasteiger partial charge in [-0.05, 0) is 44.4 Å². The van der Waals surface area contributed by atoms with Crippen LogP contribution in [0.15, 0.2) is 12.7 Å². The molecule has 0 aromatic heterocycles. The highest BCUT2D eigenvalue weighted by Gasteiger charge is 2.46. The smallest absolute Gasteiger partial charge is 0.306 e. The van der Waals surface area contributed by atoms with E-state index in [1.165, 1.54) is 0 Å². The predicted molar refractivity (Wildman–Crippen MR) is 87.1 cm³/mol. The zero-order valence-corrected chi connectivity index (χ0v) is 13.9. The Morgan fingerprint density at radius 2 is 2.14 bits per heavy atom. The Hall–Kier alpha value is -1.36. The minimum atomic E-state index is -1.02. The van der Waals surface area contributed by atoms with E-state index in [1.807, 2.05) is 6.08 Å². The van der Waals surface area contributed by atoms with Crippen molar-refractivity contribution in [3.8, 4) is 0 Å². The molecule has 0 heterocycles. The average molecular weight is 310 g/mol. The molecule has 1 saturated carbocycles. The maximum atomic E-state index is 12.6. The molecule has 0 aromatic carbocycles. The lowest BCUT2D eigenvalue weighted by atomic mass is 9.67. The number of allylic oxidation sites excluding steroid dienone is 1. The molecular weight excluding hydrogens is 280 g/mol. The first kappa shape index (κ1) is 18.7. The van der Waals surface area contributed by atoms with Crippen LogP contribution in [0.2, 0.25) is 0 Å². The molecule has 1 aliphatic carbocycles. The molecule has 1 fully saturated rings. The van der Waals surface area contributed by atoms with E-state index in [0.717, 1.165) is 25.7 Å². The number of unbranched alkanes of at least 4 members (excludes halogenated alkanes) is 1. The van der Waals surface area contributed by atoms with Crippen molar-refractivity contribution >= 4 is 11.9 Å². The lowest BCUT2D eigenvalue weighted by Gasteiger charge is -2.42. The highest BCUT2D eigenvalue weighted by Crippen LogP contribution is 2.38. The summed E-state index contributed by atoms with van der Waals surface area (Å²) in [7, 11) is 0. The molecule has 0 saturated heterocycles. The first-order valence-electron chi connectivity index (χ1n) is 8.33. The molecule has 0 aromatic rings. The number of nitrogens with one attached hydrogen (secondary N) is 1. The van der Waals surface area contributed by atoms with Crippen molar-refractivity contribution in [1.29, 1.82) is 0 Å². The van der Waals surface area contributed by atoms with Gasteiger partial charge in [-0.1, -0.05) is 19.4 Å². The lowest BCUT2D eigenvalue weighted by Crippen LogP contribution is -2.61. The van der Waals surface area contributed by atoms with Crippen molar-refractivity contribution in [2.24, 2.45) is 17.6 Å². The van der Waals surface area contributed by atoms with Crippen LogP contribution in [0.25, 0.3) is 0 Å². The number of rotatable bonds is 8. The predicted octanol–water partition coefficient (Wildman–Crippen LogP) is 2.16. The van der Waals surface area contributed by atoms with Crippen LogP contribution in [0.4, 0.5) is 0 Å². The second-order valence-corrected chi connectivity index (χ2v) is 6.13. The van der Waals surface area contributed by atoms with Gasteiger partial charge in [0.1, 0.15) is 0 Å². The Morgan fingerprint density at radius 3 is 2.73 bits per heavy atom. The van der Waals surface area contributed by atoms with Gasteiger partial charge in [-0.2, -0.15) is 0 Å². The van der Waals surface area contributed by atoms with Gasteiger partial charge < -0.3 is 15.8 Å². The summed E-state index contributed by atoms with van der Waals surface area (Å²) in [6, 6.07) is 0. The van der Waals surface area contributed by atoms with Crippen LogP contribution < -0.4 is 11.1 Å². The van der Waals surface area contributed by atoms with Crippen LogP contribution in [0.1, 0.15) is 52.4 Å². The number of hydrogen-bond acceptors (Lipinski definition) is 4. The molecule has 1 rings (SSSR count). The summed E-state index contributed by atoms with van der Waals surface area (Å²) in [5, 5.41) is 2.92. The number of carbonyl (C=O) groups excluding carboxylic acids is 2. The number of ether oxygens (including phenoxy) is 1. The van der Waals surface area contributed by atoms with Gasteiger partial charge in [-0.25, -0.2) is 0 Å². The molecule has 3 N–H and O–H groups in total. The summed E-state index contributed by atoms with van der Waals surface area (Å²) in [6.07, 6.45) is 6.20. The molecule has 22 heavy (non-hydrogen) atoms. The second-order valence-electron chi connectivity index (χ2n) is 6.13. The molecule has 0 radical (unpaired) electrons. The maximum Gasteiger partial charge on any atom is 0.306 e. The molecular formula is C17H30N2O3. The first-order chi connectivity index (χ1) is 10.5. The van der Waals surface area contributed by atoms with Gasteiger partial charge in [0.25, 0.3) is 0 Å². The fourth-order valence-corrected chi connectivity index (χ4v) is 3.10. The minimum Gasteiger partial charge on any atom is -0.466 e. The largest absolute Gasteiger partial charge is 0.466 e. The molecule has 5 nitrogen and oxygen atoms in total. The van der Waals surface area contributed by atoms with Crippen LogP contribution in [-0.2, 0) is 14.3 Å². The Bertz CT molecular complexity index is 397. The molecule has 5 heteroatoms. The van der Waals surface area contributed by atoms with Crippen LogP contribution in [0, 0.1) is 11.8 Å². The van der Waals surface area contributed by atoms with Gasteiger partial charge in [0.05, 0.1) is 18.6 Å². The van der Waals surface area contributed by atoms with E-state index in [4.69, 9.17) is 10.5 Å². The molecule has 0 bridgehead atoms. The molecule has 126 valence electrons. The maximum absolute atomic E-state index is 12.6. The summed E-state index contributed by atoms with van der Waals surface area (Å²) in [6.45, 7) is 8.64. The first-order valence-corrected chi connectivity index (χ1v) is 8.33. The fourth-order valence-electron chi connectivity index (χ4n) is 3.10. The zero-order chi connectivity index (χ0) is 16.6.